The molecule has 156 valence electrons. The quantitative estimate of drug-likeness (QED) is 0.322. The molecule has 3 rings (SSSR count). The lowest BCUT2D eigenvalue weighted by atomic mass is 10.1. The Hall–Kier alpha value is -2.57. The molecule has 0 unspecified atom stereocenters. The van der Waals surface area contributed by atoms with Gasteiger partial charge < -0.3 is 25.1 Å². The lowest BCUT2D eigenvalue weighted by Crippen LogP contribution is -2.16. The molecule has 1 aromatic heterocycles. The summed E-state index contributed by atoms with van der Waals surface area (Å²) < 4.78 is 11.6. The van der Waals surface area contributed by atoms with Crippen molar-refractivity contribution in [2.24, 2.45) is 0 Å². The Morgan fingerprint density at radius 3 is 2.00 bits per heavy atom. The molecule has 0 bridgehead atoms. The fraction of sp³-hybridized carbons (Fsp3) is 0.435. The minimum Gasteiger partial charge on any atom is -0.494 e. The van der Waals surface area contributed by atoms with Gasteiger partial charge in [0.05, 0.1) is 24.1 Å². The zero-order chi connectivity index (χ0) is 20.5. The summed E-state index contributed by atoms with van der Waals surface area (Å²) in [6.07, 6.45) is 1.87. The summed E-state index contributed by atoms with van der Waals surface area (Å²) in [5.41, 5.74) is 0.667. The molecule has 0 atom stereocenters. The van der Waals surface area contributed by atoms with Gasteiger partial charge in [0.2, 0.25) is 0 Å². The summed E-state index contributed by atoms with van der Waals surface area (Å²) in [7, 11) is 0. The zero-order valence-electron chi connectivity index (χ0n) is 17.3. The van der Waals surface area contributed by atoms with Gasteiger partial charge in [0, 0.05) is 11.5 Å². The van der Waals surface area contributed by atoms with Crippen LogP contribution in [0.5, 0.6) is 11.5 Å². The van der Waals surface area contributed by atoms with Crippen molar-refractivity contribution in [2.75, 3.05) is 39.4 Å². The van der Waals surface area contributed by atoms with E-state index in [1.165, 1.54) is 0 Å². The summed E-state index contributed by atoms with van der Waals surface area (Å²) in [6, 6.07) is 11.6. The second-order valence-electron chi connectivity index (χ2n) is 6.98. The van der Waals surface area contributed by atoms with E-state index in [1.54, 1.807) is 0 Å². The molecule has 2 aromatic carbocycles. The summed E-state index contributed by atoms with van der Waals surface area (Å²) in [4.78, 5) is 15.6. The van der Waals surface area contributed by atoms with Crippen LogP contribution in [0, 0.1) is 0 Å². The first-order valence-electron chi connectivity index (χ1n) is 10.5. The van der Waals surface area contributed by atoms with Crippen LogP contribution in [-0.2, 0) is 0 Å². The number of pyridine rings is 1. The Bertz CT molecular complexity index is 984. The fourth-order valence-electron chi connectivity index (χ4n) is 3.30. The number of aromatic nitrogens is 1. The van der Waals surface area contributed by atoms with Crippen LogP contribution in [0.3, 0.4) is 0 Å². The van der Waals surface area contributed by atoms with Crippen LogP contribution >= 0.6 is 0 Å². The van der Waals surface area contributed by atoms with Crippen molar-refractivity contribution >= 4 is 21.7 Å². The molecule has 0 aliphatic rings. The maximum atomic E-state index is 12.6. The zero-order valence-corrected chi connectivity index (χ0v) is 17.3. The Kier molecular flexibility index (Phi) is 7.90. The monoisotopic (exact) mass is 397 g/mol. The molecule has 0 saturated carbocycles. The molecule has 0 aliphatic carbocycles. The second kappa shape index (κ2) is 10.8. The number of H-pyrrole nitrogens is 1. The Labute approximate surface area is 171 Å². The highest BCUT2D eigenvalue weighted by Crippen LogP contribution is 2.27. The Morgan fingerprint density at radius 1 is 0.793 bits per heavy atom. The molecule has 3 aromatic rings. The van der Waals surface area contributed by atoms with Crippen molar-refractivity contribution in [3.05, 3.63) is 46.8 Å². The van der Waals surface area contributed by atoms with E-state index in [2.05, 4.69) is 29.5 Å². The predicted octanol–water partition coefficient (Wildman–Crippen LogP) is 3.44. The maximum Gasteiger partial charge on any atom is 0.256 e. The molecular formula is C23H31N3O3. The van der Waals surface area contributed by atoms with E-state index in [0.29, 0.717) is 18.6 Å². The van der Waals surface area contributed by atoms with Gasteiger partial charge in [-0.05, 0) is 74.7 Å². The third kappa shape index (κ3) is 5.71. The minimum atomic E-state index is -0.116. The van der Waals surface area contributed by atoms with E-state index in [9.17, 15) is 4.79 Å². The maximum absolute atomic E-state index is 12.6. The van der Waals surface area contributed by atoms with Gasteiger partial charge in [-0.25, -0.2) is 0 Å². The lowest BCUT2D eigenvalue weighted by Gasteiger charge is -2.10. The van der Waals surface area contributed by atoms with Gasteiger partial charge in [0.15, 0.2) is 0 Å². The third-order valence-corrected chi connectivity index (χ3v) is 4.80. The standard InChI is InChI=1S/C23H31N3O3/c1-3-24-11-5-13-28-17-7-9-19-20-10-8-18(29-14-6-12-25-4-2)16-22(20)26-23(27)21(19)15-17/h7-10,15-16,24-25H,3-6,11-14H2,1-2H3,(H,26,27). The van der Waals surface area contributed by atoms with Crippen molar-refractivity contribution in [1.29, 1.82) is 0 Å². The van der Waals surface area contributed by atoms with Crippen LogP contribution in [0.4, 0.5) is 0 Å². The first kappa shape index (κ1) is 21.1. The van der Waals surface area contributed by atoms with E-state index in [-0.39, 0.29) is 5.56 Å². The summed E-state index contributed by atoms with van der Waals surface area (Å²) in [6.45, 7) is 9.23. The van der Waals surface area contributed by atoms with Crippen molar-refractivity contribution in [3.8, 4) is 11.5 Å². The highest BCUT2D eigenvalue weighted by Gasteiger charge is 2.08. The van der Waals surface area contributed by atoms with Gasteiger partial charge >= 0.3 is 0 Å². The molecule has 0 aliphatic heterocycles. The molecule has 3 N–H and O–H groups in total. The van der Waals surface area contributed by atoms with Crippen LogP contribution in [-0.4, -0.2) is 44.4 Å². The van der Waals surface area contributed by atoms with Crippen molar-refractivity contribution < 1.29 is 9.47 Å². The molecule has 0 fully saturated rings. The van der Waals surface area contributed by atoms with E-state index >= 15 is 0 Å². The first-order valence-corrected chi connectivity index (χ1v) is 10.5. The van der Waals surface area contributed by atoms with Crippen LogP contribution < -0.4 is 25.7 Å². The minimum absolute atomic E-state index is 0.116. The van der Waals surface area contributed by atoms with Crippen LogP contribution in [0.2, 0.25) is 0 Å². The molecule has 0 amide bonds. The lowest BCUT2D eigenvalue weighted by molar-refractivity contribution is 0.309. The number of fused-ring (bicyclic) bond motifs is 3. The Balaban J connectivity index is 1.74. The van der Waals surface area contributed by atoms with Crippen molar-refractivity contribution in [2.45, 2.75) is 26.7 Å². The largest absolute Gasteiger partial charge is 0.494 e. The molecule has 6 heteroatoms. The van der Waals surface area contributed by atoms with E-state index in [4.69, 9.17) is 9.47 Å². The molecule has 0 saturated heterocycles. The number of hydrogen-bond acceptors (Lipinski definition) is 5. The number of benzene rings is 2. The highest BCUT2D eigenvalue weighted by atomic mass is 16.5. The fourth-order valence-corrected chi connectivity index (χ4v) is 3.30. The smallest absolute Gasteiger partial charge is 0.256 e. The van der Waals surface area contributed by atoms with E-state index < -0.39 is 0 Å². The van der Waals surface area contributed by atoms with Crippen LogP contribution in [0.15, 0.2) is 41.2 Å². The van der Waals surface area contributed by atoms with Crippen LogP contribution in [0.1, 0.15) is 26.7 Å². The van der Waals surface area contributed by atoms with Gasteiger partial charge in [-0.1, -0.05) is 13.8 Å². The van der Waals surface area contributed by atoms with Gasteiger partial charge in [0.25, 0.3) is 5.56 Å². The average Bonchev–Trinajstić information content (AvgIpc) is 2.73. The van der Waals surface area contributed by atoms with Gasteiger partial charge in [-0.15, -0.1) is 0 Å². The van der Waals surface area contributed by atoms with E-state index in [1.807, 2.05) is 36.4 Å². The average molecular weight is 398 g/mol. The summed E-state index contributed by atoms with van der Waals surface area (Å²) in [5, 5.41) is 9.11. The van der Waals surface area contributed by atoms with Crippen LogP contribution in [0.25, 0.3) is 21.7 Å². The molecular weight excluding hydrogens is 366 g/mol. The number of nitrogens with one attached hydrogen (secondary N) is 3. The summed E-state index contributed by atoms with van der Waals surface area (Å²) >= 11 is 0. The first-order chi connectivity index (χ1) is 14.2. The van der Waals surface area contributed by atoms with Crippen molar-refractivity contribution in [1.82, 2.24) is 15.6 Å². The normalized spacial score (nSPS) is 11.2. The van der Waals surface area contributed by atoms with Crippen molar-refractivity contribution in [3.63, 3.8) is 0 Å². The molecule has 1 heterocycles. The number of ether oxygens (including phenoxy) is 2. The van der Waals surface area contributed by atoms with Gasteiger partial charge in [-0.2, -0.15) is 0 Å². The SMILES string of the molecule is CCNCCCOc1ccc2c(c1)[nH]c(=O)c1cc(OCCCNCC)ccc12. The topological polar surface area (TPSA) is 75.4 Å². The number of aromatic amines is 1. The number of hydrogen-bond donors (Lipinski definition) is 3. The second-order valence-corrected chi connectivity index (χ2v) is 6.98. The highest BCUT2D eigenvalue weighted by molar-refractivity contribution is 6.05. The third-order valence-electron chi connectivity index (χ3n) is 4.80. The molecule has 29 heavy (non-hydrogen) atoms. The predicted molar refractivity (Wildman–Crippen MR) is 119 cm³/mol. The van der Waals surface area contributed by atoms with E-state index in [0.717, 1.165) is 66.8 Å². The van der Waals surface area contributed by atoms with Gasteiger partial charge in [0.1, 0.15) is 11.5 Å². The number of rotatable bonds is 12. The Morgan fingerprint density at radius 2 is 1.38 bits per heavy atom. The molecule has 0 spiro atoms. The van der Waals surface area contributed by atoms with Gasteiger partial charge in [-0.3, -0.25) is 4.79 Å². The molecule has 6 nitrogen and oxygen atoms in total. The molecule has 0 radical (unpaired) electrons. The summed E-state index contributed by atoms with van der Waals surface area (Å²) in [5.74, 6) is 1.49.